The molecule has 5 rings (SSSR count). The standard InChI is InChI=1S/C21H21FN8O/c1-29(21-18-20(25-11-24-18)26-12-27-21)10-17(31)30-8-4-7-16(30)19-23-9-15(28-19)13-5-2-3-6-14(13)22/h2-3,5-6,9,11-12,16H,4,7-8,10H2,1H3,(H,23,28)(H,24,25,26,27). The molecule has 1 fully saturated rings. The quantitative estimate of drug-likeness (QED) is 0.514. The Bertz CT molecular complexity index is 1230. The second kappa shape index (κ2) is 7.78. The SMILES string of the molecule is CN(CC(=O)N1CCCC1c1ncc(-c2ccccc2F)[nH]1)c1ncnc2nc[nH]c12. The van der Waals surface area contributed by atoms with Crippen molar-refractivity contribution in [1.82, 2.24) is 34.8 Å². The van der Waals surface area contributed by atoms with Crippen LogP contribution in [0, 0.1) is 5.82 Å². The predicted molar refractivity (Wildman–Crippen MR) is 113 cm³/mol. The third-order valence-electron chi connectivity index (χ3n) is 5.59. The Morgan fingerprint density at radius 1 is 1.26 bits per heavy atom. The van der Waals surface area contributed by atoms with Crippen molar-refractivity contribution in [2.24, 2.45) is 0 Å². The molecule has 0 saturated carbocycles. The first-order valence-corrected chi connectivity index (χ1v) is 10.1. The molecule has 1 saturated heterocycles. The Kier molecular flexibility index (Phi) is 4.81. The number of hydrogen-bond donors (Lipinski definition) is 2. The lowest BCUT2D eigenvalue weighted by Crippen LogP contribution is -2.39. The van der Waals surface area contributed by atoms with E-state index >= 15 is 0 Å². The van der Waals surface area contributed by atoms with Crippen molar-refractivity contribution < 1.29 is 9.18 Å². The van der Waals surface area contributed by atoms with Crippen molar-refractivity contribution >= 4 is 22.9 Å². The molecule has 1 amide bonds. The molecule has 0 radical (unpaired) electrons. The summed E-state index contributed by atoms with van der Waals surface area (Å²) in [6.45, 7) is 0.804. The summed E-state index contributed by atoms with van der Waals surface area (Å²) in [5, 5.41) is 0. The van der Waals surface area contributed by atoms with E-state index in [1.807, 2.05) is 11.9 Å². The van der Waals surface area contributed by atoms with Gasteiger partial charge in [-0.15, -0.1) is 0 Å². The van der Waals surface area contributed by atoms with Gasteiger partial charge >= 0.3 is 0 Å². The summed E-state index contributed by atoms with van der Waals surface area (Å²) < 4.78 is 14.1. The van der Waals surface area contributed by atoms with Crippen molar-refractivity contribution in [2.45, 2.75) is 18.9 Å². The van der Waals surface area contributed by atoms with Crippen LogP contribution in [0.15, 0.2) is 43.1 Å². The second-order valence-corrected chi connectivity index (χ2v) is 7.56. The minimum atomic E-state index is -0.311. The van der Waals surface area contributed by atoms with Gasteiger partial charge in [0.05, 0.1) is 30.8 Å². The summed E-state index contributed by atoms with van der Waals surface area (Å²) in [5.74, 6) is 0.949. The van der Waals surface area contributed by atoms with E-state index in [-0.39, 0.29) is 24.3 Å². The van der Waals surface area contributed by atoms with Crippen LogP contribution in [-0.2, 0) is 4.79 Å². The maximum Gasteiger partial charge on any atom is 0.242 e. The van der Waals surface area contributed by atoms with Crippen molar-refractivity contribution in [3.63, 3.8) is 0 Å². The van der Waals surface area contributed by atoms with Crippen LogP contribution in [-0.4, -0.2) is 60.8 Å². The van der Waals surface area contributed by atoms with Crippen LogP contribution in [0.2, 0.25) is 0 Å². The first-order chi connectivity index (χ1) is 15.1. The van der Waals surface area contributed by atoms with E-state index in [9.17, 15) is 9.18 Å². The maximum absolute atomic E-state index is 14.1. The molecule has 158 valence electrons. The molecule has 1 aliphatic rings. The van der Waals surface area contributed by atoms with Crippen molar-refractivity contribution in [3.8, 4) is 11.3 Å². The van der Waals surface area contributed by atoms with Crippen LogP contribution in [0.5, 0.6) is 0 Å². The number of nitrogens with one attached hydrogen (secondary N) is 2. The Morgan fingerprint density at radius 2 is 2.13 bits per heavy atom. The van der Waals surface area contributed by atoms with E-state index in [2.05, 4.69) is 29.9 Å². The maximum atomic E-state index is 14.1. The number of anilines is 1. The first-order valence-electron chi connectivity index (χ1n) is 10.1. The molecule has 0 spiro atoms. The summed E-state index contributed by atoms with van der Waals surface area (Å²) in [6.07, 6.45) is 6.30. The molecule has 1 unspecified atom stereocenters. The molecule has 3 aromatic heterocycles. The fourth-order valence-electron chi connectivity index (χ4n) is 4.08. The number of fused-ring (bicyclic) bond motifs is 1. The topological polar surface area (TPSA) is 107 Å². The second-order valence-electron chi connectivity index (χ2n) is 7.56. The Hall–Kier alpha value is -3.82. The van der Waals surface area contributed by atoms with Crippen LogP contribution in [0.3, 0.4) is 0 Å². The van der Waals surface area contributed by atoms with Gasteiger partial charge in [0.15, 0.2) is 11.5 Å². The van der Waals surface area contributed by atoms with Crippen LogP contribution >= 0.6 is 0 Å². The van der Waals surface area contributed by atoms with E-state index in [1.54, 1.807) is 35.6 Å². The first kappa shape index (κ1) is 19.2. The van der Waals surface area contributed by atoms with Gasteiger partial charge in [-0.25, -0.2) is 24.3 Å². The largest absolute Gasteiger partial charge is 0.348 e. The number of likely N-dealkylation sites (N-methyl/N-ethyl adjacent to an activating group) is 1. The summed E-state index contributed by atoms with van der Waals surface area (Å²) in [6, 6.07) is 6.39. The molecule has 1 aromatic carbocycles. The molecule has 1 atom stereocenters. The van der Waals surface area contributed by atoms with Crippen molar-refractivity contribution in [1.29, 1.82) is 0 Å². The molecule has 1 aliphatic heterocycles. The molecule has 4 heterocycles. The van der Waals surface area contributed by atoms with Gasteiger partial charge in [-0.2, -0.15) is 0 Å². The molecule has 31 heavy (non-hydrogen) atoms. The molecule has 2 N–H and O–H groups in total. The molecule has 0 aliphatic carbocycles. The third-order valence-corrected chi connectivity index (χ3v) is 5.59. The number of carbonyl (C=O) groups is 1. The average Bonchev–Trinajstić information content (AvgIpc) is 3.53. The Balaban J connectivity index is 1.34. The molecular formula is C21H21FN8O. The van der Waals surface area contributed by atoms with Gasteiger partial charge in [0.25, 0.3) is 0 Å². The Morgan fingerprint density at radius 3 is 3.00 bits per heavy atom. The average molecular weight is 420 g/mol. The zero-order chi connectivity index (χ0) is 21.4. The highest BCUT2D eigenvalue weighted by Crippen LogP contribution is 2.32. The minimum Gasteiger partial charge on any atom is -0.348 e. The van der Waals surface area contributed by atoms with Gasteiger partial charge in [0, 0.05) is 19.2 Å². The van der Waals surface area contributed by atoms with E-state index < -0.39 is 0 Å². The molecule has 4 aromatic rings. The zero-order valence-corrected chi connectivity index (χ0v) is 16.9. The monoisotopic (exact) mass is 420 g/mol. The number of likely N-dealkylation sites (tertiary alicyclic amines) is 1. The van der Waals surface area contributed by atoms with Crippen LogP contribution in [0.4, 0.5) is 10.2 Å². The van der Waals surface area contributed by atoms with Crippen molar-refractivity contribution in [2.75, 3.05) is 25.0 Å². The highest BCUT2D eigenvalue weighted by molar-refractivity contribution is 5.87. The van der Waals surface area contributed by atoms with Crippen LogP contribution in [0.25, 0.3) is 22.4 Å². The molecule has 10 heteroatoms. The normalized spacial score (nSPS) is 16.2. The number of aromatic amines is 2. The van der Waals surface area contributed by atoms with E-state index in [0.29, 0.717) is 40.6 Å². The lowest BCUT2D eigenvalue weighted by atomic mass is 10.1. The number of nitrogens with zero attached hydrogens (tertiary/aromatic N) is 6. The van der Waals surface area contributed by atoms with E-state index in [1.165, 1.54) is 12.4 Å². The van der Waals surface area contributed by atoms with Gasteiger partial charge in [-0.3, -0.25) is 4.79 Å². The number of carbonyl (C=O) groups excluding carboxylic acids is 1. The van der Waals surface area contributed by atoms with E-state index in [0.717, 1.165) is 12.8 Å². The predicted octanol–water partition coefficient (Wildman–Crippen LogP) is 2.68. The summed E-state index contributed by atoms with van der Waals surface area (Å²) in [7, 11) is 1.81. The number of halogens is 1. The number of amides is 1. The Labute approximate surface area is 177 Å². The van der Waals surface area contributed by atoms with Gasteiger partial charge in [-0.05, 0) is 25.0 Å². The van der Waals surface area contributed by atoms with Crippen LogP contribution in [0.1, 0.15) is 24.7 Å². The van der Waals surface area contributed by atoms with E-state index in [4.69, 9.17) is 0 Å². The highest BCUT2D eigenvalue weighted by atomic mass is 19.1. The van der Waals surface area contributed by atoms with Gasteiger partial charge in [0.1, 0.15) is 23.5 Å². The number of rotatable bonds is 5. The number of H-pyrrole nitrogens is 2. The van der Waals surface area contributed by atoms with Crippen LogP contribution < -0.4 is 4.90 Å². The zero-order valence-electron chi connectivity index (χ0n) is 16.9. The lowest BCUT2D eigenvalue weighted by Gasteiger charge is -2.26. The minimum absolute atomic E-state index is 0.0277. The fourth-order valence-corrected chi connectivity index (χ4v) is 4.08. The lowest BCUT2D eigenvalue weighted by molar-refractivity contribution is -0.130. The van der Waals surface area contributed by atoms with Gasteiger partial charge < -0.3 is 19.8 Å². The molecule has 9 nitrogen and oxygen atoms in total. The molecular weight excluding hydrogens is 399 g/mol. The summed E-state index contributed by atoms with van der Waals surface area (Å²) in [4.78, 5) is 40.0. The fraction of sp³-hybridized carbons (Fsp3) is 0.286. The molecule has 0 bridgehead atoms. The van der Waals surface area contributed by atoms with Crippen molar-refractivity contribution in [3.05, 3.63) is 54.8 Å². The summed E-state index contributed by atoms with van der Waals surface area (Å²) in [5.41, 5.74) is 2.31. The summed E-state index contributed by atoms with van der Waals surface area (Å²) >= 11 is 0. The van der Waals surface area contributed by atoms with Gasteiger partial charge in [-0.1, -0.05) is 12.1 Å². The highest BCUT2D eigenvalue weighted by Gasteiger charge is 2.32. The number of aromatic nitrogens is 6. The number of imidazole rings is 2. The third kappa shape index (κ3) is 3.49. The smallest absolute Gasteiger partial charge is 0.242 e. The number of hydrogen-bond acceptors (Lipinski definition) is 6. The van der Waals surface area contributed by atoms with Gasteiger partial charge in [0.2, 0.25) is 5.91 Å². The number of benzene rings is 1.